The zero-order chi connectivity index (χ0) is 12.2. The molecule has 0 radical (unpaired) electrons. The van der Waals surface area contributed by atoms with Gasteiger partial charge in [-0.05, 0) is 24.6 Å². The van der Waals surface area contributed by atoms with Gasteiger partial charge >= 0.3 is 0 Å². The van der Waals surface area contributed by atoms with Crippen LogP contribution < -0.4 is 4.74 Å². The molecule has 0 heterocycles. The molecule has 3 nitrogen and oxygen atoms in total. The fourth-order valence-corrected chi connectivity index (χ4v) is 3.56. The lowest BCUT2D eigenvalue weighted by Crippen LogP contribution is -2.09. The van der Waals surface area contributed by atoms with Crippen LogP contribution in [0.15, 0.2) is 27.6 Å². The summed E-state index contributed by atoms with van der Waals surface area (Å²) in [6.07, 6.45) is 0.430. The molecule has 0 aliphatic rings. The van der Waals surface area contributed by atoms with Crippen LogP contribution in [-0.4, -0.2) is 27.2 Å². The van der Waals surface area contributed by atoms with Crippen LogP contribution in [0.3, 0.4) is 0 Å². The summed E-state index contributed by atoms with van der Waals surface area (Å²) < 4.78 is 29.7. The van der Waals surface area contributed by atoms with Crippen LogP contribution in [-0.2, 0) is 9.84 Å². The lowest BCUT2D eigenvalue weighted by molar-refractivity contribution is 0.402. The van der Waals surface area contributed by atoms with E-state index in [1.54, 1.807) is 18.2 Å². The van der Waals surface area contributed by atoms with E-state index in [4.69, 9.17) is 16.3 Å². The summed E-state index contributed by atoms with van der Waals surface area (Å²) in [6.45, 7) is 0. The molecule has 0 unspecified atom stereocenters. The molecule has 16 heavy (non-hydrogen) atoms. The highest BCUT2D eigenvalue weighted by Crippen LogP contribution is 2.28. The molecule has 0 saturated heterocycles. The van der Waals surface area contributed by atoms with Gasteiger partial charge in [0, 0.05) is 10.4 Å². The molecule has 1 aromatic carbocycles. The van der Waals surface area contributed by atoms with E-state index >= 15 is 0 Å². The number of sulfone groups is 1. The fraction of sp³-hybridized carbons (Fsp3) is 0.400. The minimum absolute atomic E-state index is 0.0311. The van der Waals surface area contributed by atoms with Crippen LogP contribution in [0.2, 0.25) is 0 Å². The lowest BCUT2D eigenvalue weighted by atomic mass is 10.3. The van der Waals surface area contributed by atoms with Crippen molar-refractivity contribution in [2.75, 3.05) is 18.7 Å². The largest absolute Gasteiger partial charge is 0.495 e. The SMILES string of the molecule is COc1ccc(Br)cc1S(=O)(=O)CCCCl. The molecule has 0 fully saturated rings. The number of benzene rings is 1. The van der Waals surface area contributed by atoms with E-state index in [0.717, 1.165) is 0 Å². The van der Waals surface area contributed by atoms with Crippen LogP contribution in [0.25, 0.3) is 0 Å². The average Bonchev–Trinajstić information content (AvgIpc) is 2.26. The molecule has 0 aliphatic heterocycles. The second-order valence-corrected chi connectivity index (χ2v) is 6.53. The number of halogens is 2. The Morgan fingerprint density at radius 1 is 1.44 bits per heavy atom. The first kappa shape index (κ1) is 13.8. The molecule has 1 aromatic rings. The first-order chi connectivity index (χ1) is 7.51. The number of ether oxygens (including phenoxy) is 1. The van der Waals surface area contributed by atoms with Crippen molar-refractivity contribution in [3.05, 3.63) is 22.7 Å². The van der Waals surface area contributed by atoms with E-state index in [9.17, 15) is 8.42 Å². The minimum atomic E-state index is -3.33. The van der Waals surface area contributed by atoms with Crippen LogP contribution in [0.4, 0.5) is 0 Å². The van der Waals surface area contributed by atoms with E-state index in [1.807, 2.05) is 0 Å². The van der Waals surface area contributed by atoms with Crippen LogP contribution in [0.1, 0.15) is 6.42 Å². The molecule has 0 aliphatic carbocycles. The number of alkyl halides is 1. The third-order valence-corrected chi connectivity index (χ3v) is 4.58. The van der Waals surface area contributed by atoms with Gasteiger partial charge in [-0.15, -0.1) is 11.6 Å². The second kappa shape index (κ2) is 5.89. The van der Waals surface area contributed by atoms with Crippen molar-refractivity contribution in [1.29, 1.82) is 0 Å². The summed E-state index contributed by atoms with van der Waals surface area (Å²) in [5, 5.41) is 0. The highest BCUT2D eigenvalue weighted by molar-refractivity contribution is 9.10. The monoisotopic (exact) mass is 326 g/mol. The molecular weight excluding hydrogens is 316 g/mol. The molecule has 0 N–H and O–H groups in total. The Balaban J connectivity index is 3.15. The molecule has 6 heteroatoms. The van der Waals surface area contributed by atoms with Crippen molar-refractivity contribution in [3.8, 4) is 5.75 Å². The summed E-state index contributed by atoms with van der Waals surface area (Å²) in [5.74, 6) is 0.719. The molecule has 0 amide bonds. The number of hydrogen-bond acceptors (Lipinski definition) is 3. The summed E-state index contributed by atoms with van der Waals surface area (Å²) in [6, 6.07) is 4.90. The number of hydrogen-bond donors (Lipinski definition) is 0. The summed E-state index contributed by atoms with van der Waals surface area (Å²) in [4.78, 5) is 0.203. The van der Waals surface area contributed by atoms with Crippen LogP contribution >= 0.6 is 27.5 Å². The number of methoxy groups -OCH3 is 1. The van der Waals surface area contributed by atoms with Gasteiger partial charge in [0.15, 0.2) is 9.84 Å². The summed E-state index contributed by atoms with van der Waals surface area (Å²) in [7, 11) is -1.88. The molecule has 0 aromatic heterocycles. The van der Waals surface area contributed by atoms with Gasteiger partial charge in [-0.3, -0.25) is 0 Å². The quantitative estimate of drug-likeness (QED) is 0.781. The van der Waals surface area contributed by atoms with Gasteiger partial charge in [-0.1, -0.05) is 15.9 Å². The molecule has 0 bridgehead atoms. The van der Waals surface area contributed by atoms with E-state index in [-0.39, 0.29) is 10.6 Å². The smallest absolute Gasteiger partial charge is 0.182 e. The fourth-order valence-electron chi connectivity index (χ4n) is 1.25. The van der Waals surface area contributed by atoms with Gasteiger partial charge in [-0.2, -0.15) is 0 Å². The van der Waals surface area contributed by atoms with Crippen molar-refractivity contribution in [2.45, 2.75) is 11.3 Å². The van der Waals surface area contributed by atoms with Gasteiger partial charge in [0.05, 0.1) is 12.9 Å². The van der Waals surface area contributed by atoms with Crippen molar-refractivity contribution < 1.29 is 13.2 Å². The second-order valence-electron chi connectivity index (χ2n) is 3.16. The lowest BCUT2D eigenvalue weighted by Gasteiger charge is -2.09. The molecule has 0 saturated carbocycles. The highest BCUT2D eigenvalue weighted by Gasteiger charge is 2.19. The van der Waals surface area contributed by atoms with Gasteiger partial charge in [-0.25, -0.2) is 8.42 Å². The Kier molecular flexibility index (Phi) is 5.08. The van der Waals surface area contributed by atoms with Gasteiger partial charge in [0.25, 0.3) is 0 Å². The van der Waals surface area contributed by atoms with Crippen molar-refractivity contribution in [1.82, 2.24) is 0 Å². The number of rotatable bonds is 5. The molecule has 0 spiro atoms. The topological polar surface area (TPSA) is 43.4 Å². The molecular formula is C10H12BrClO3S. The standard InChI is InChI=1S/C10H12BrClO3S/c1-15-9-4-3-8(11)7-10(9)16(13,14)6-2-5-12/h3-4,7H,2,5-6H2,1H3. The van der Waals surface area contributed by atoms with Gasteiger partial charge < -0.3 is 4.74 Å². The van der Waals surface area contributed by atoms with E-state index in [1.165, 1.54) is 7.11 Å². The molecule has 0 atom stereocenters. The Morgan fingerprint density at radius 2 is 2.12 bits per heavy atom. The minimum Gasteiger partial charge on any atom is -0.495 e. The van der Waals surface area contributed by atoms with Crippen molar-refractivity contribution in [3.63, 3.8) is 0 Å². The Bertz CT molecular complexity index is 459. The highest BCUT2D eigenvalue weighted by atomic mass is 79.9. The van der Waals surface area contributed by atoms with Crippen LogP contribution in [0.5, 0.6) is 5.75 Å². The maximum absolute atomic E-state index is 12.0. The molecule has 1 rings (SSSR count). The van der Waals surface area contributed by atoms with Gasteiger partial charge in [0.2, 0.25) is 0 Å². The third-order valence-electron chi connectivity index (χ3n) is 2.01. The average molecular weight is 328 g/mol. The van der Waals surface area contributed by atoms with Crippen LogP contribution in [0, 0.1) is 0 Å². The Morgan fingerprint density at radius 3 is 2.69 bits per heavy atom. The third kappa shape index (κ3) is 3.37. The normalized spacial score (nSPS) is 11.4. The first-order valence-electron chi connectivity index (χ1n) is 4.63. The Labute approximate surface area is 109 Å². The molecule has 90 valence electrons. The van der Waals surface area contributed by atoms with E-state index in [2.05, 4.69) is 15.9 Å². The van der Waals surface area contributed by atoms with E-state index in [0.29, 0.717) is 22.5 Å². The van der Waals surface area contributed by atoms with E-state index < -0.39 is 9.84 Å². The zero-order valence-electron chi connectivity index (χ0n) is 8.74. The predicted molar refractivity (Wildman–Crippen MR) is 68.1 cm³/mol. The van der Waals surface area contributed by atoms with Crippen molar-refractivity contribution in [2.24, 2.45) is 0 Å². The predicted octanol–water partition coefficient (Wildman–Crippen LogP) is 2.86. The zero-order valence-corrected chi connectivity index (χ0v) is 11.9. The maximum Gasteiger partial charge on any atom is 0.182 e. The Hall–Kier alpha value is -0.260. The van der Waals surface area contributed by atoms with Gasteiger partial charge in [0.1, 0.15) is 10.6 Å². The first-order valence-corrected chi connectivity index (χ1v) is 7.61. The maximum atomic E-state index is 12.0. The summed E-state index contributed by atoms with van der Waals surface area (Å²) >= 11 is 8.74. The van der Waals surface area contributed by atoms with Crippen molar-refractivity contribution >= 4 is 37.4 Å². The summed E-state index contributed by atoms with van der Waals surface area (Å²) in [5.41, 5.74) is 0.